The van der Waals surface area contributed by atoms with E-state index < -0.39 is 0 Å². The number of esters is 2. The van der Waals surface area contributed by atoms with Crippen molar-refractivity contribution in [3.05, 3.63) is 6.33 Å². The van der Waals surface area contributed by atoms with Gasteiger partial charge in [-0.1, -0.05) is 0 Å². The number of anilines is 3. The smallest absolute Gasteiger partial charge is 0.309 e. The fraction of sp³-hybridized carbons (Fsp3) is 0.700. The molecule has 0 radical (unpaired) electrons. The molecule has 2 aliphatic heterocycles. The van der Waals surface area contributed by atoms with Gasteiger partial charge >= 0.3 is 11.9 Å². The third-order valence-corrected chi connectivity index (χ3v) is 5.67. The maximum absolute atomic E-state index is 12.0. The van der Waals surface area contributed by atoms with Gasteiger partial charge in [-0.25, -0.2) is 9.97 Å². The van der Waals surface area contributed by atoms with Crippen LogP contribution < -0.4 is 15.5 Å². The second-order valence-electron chi connectivity index (χ2n) is 7.46. The topological polar surface area (TPSA) is 111 Å². The molecule has 2 aliphatic rings. The van der Waals surface area contributed by atoms with Gasteiger partial charge in [0.25, 0.3) is 0 Å². The SMILES string of the molecule is CCOC(=O)C1CCN(c2ncnc(N3CCC(C(=O)OCC)CC3)c2N)CC1. The Morgan fingerprint density at radius 1 is 0.897 bits per heavy atom. The zero-order valence-corrected chi connectivity index (χ0v) is 17.3. The van der Waals surface area contributed by atoms with Crippen LogP contribution in [0.2, 0.25) is 0 Å². The minimum absolute atomic E-state index is 0.0596. The van der Waals surface area contributed by atoms with Gasteiger partial charge in [-0.05, 0) is 39.5 Å². The molecule has 29 heavy (non-hydrogen) atoms. The van der Waals surface area contributed by atoms with Crippen LogP contribution in [0, 0.1) is 11.8 Å². The highest BCUT2D eigenvalue weighted by atomic mass is 16.5. The molecule has 0 spiro atoms. The Labute approximate surface area is 171 Å². The Hall–Kier alpha value is -2.58. The second-order valence-corrected chi connectivity index (χ2v) is 7.46. The summed E-state index contributed by atoms with van der Waals surface area (Å²) in [5, 5.41) is 0. The Morgan fingerprint density at radius 3 is 1.62 bits per heavy atom. The fourth-order valence-corrected chi connectivity index (χ4v) is 4.06. The summed E-state index contributed by atoms with van der Waals surface area (Å²) in [4.78, 5) is 36.9. The molecule has 2 N–H and O–H groups in total. The highest BCUT2D eigenvalue weighted by Gasteiger charge is 2.30. The number of ether oxygens (including phenoxy) is 2. The largest absolute Gasteiger partial charge is 0.466 e. The number of rotatable bonds is 6. The van der Waals surface area contributed by atoms with Gasteiger partial charge in [0.2, 0.25) is 0 Å². The molecule has 2 fully saturated rings. The highest BCUT2D eigenvalue weighted by Crippen LogP contribution is 2.33. The summed E-state index contributed by atoms with van der Waals surface area (Å²) in [6.45, 7) is 7.29. The van der Waals surface area contributed by atoms with E-state index in [4.69, 9.17) is 15.2 Å². The predicted molar refractivity (Wildman–Crippen MR) is 110 cm³/mol. The molecular weight excluding hydrogens is 374 g/mol. The molecule has 9 heteroatoms. The minimum atomic E-state index is -0.118. The van der Waals surface area contributed by atoms with Gasteiger partial charge in [-0.15, -0.1) is 0 Å². The summed E-state index contributed by atoms with van der Waals surface area (Å²) < 4.78 is 10.3. The number of hydrogen-bond acceptors (Lipinski definition) is 9. The number of carbonyl (C=O) groups excluding carboxylic acids is 2. The van der Waals surface area contributed by atoms with Gasteiger partial charge in [-0.2, -0.15) is 0 Å². The summed E-state index contributed by atoms with van der Waals surface area (Å²) in [5.74, 6) is 1.07. The Bertz CT molecular complexity index is 657. The summed E-state index contributed by atoms with van der Waals surface area (Å²) >= 11 is 0. The lowest BCUT2D eigenvalue weighted by Crippen LogP contribution is -2.39. The summed E-state index contributed by atoms with van der Waals surface area (Å²) in [6.07, 6.45) is 4.44. The van der Waals surface area contributed by atoms with E-state index in [0.29, 0.717) is 56.7 Å². The van der Waals surface area contributed by atoms with Gasteiger partial charge in [0, 0.05) is 26.2 Å². The quantitative estimate of drug-likeness (QED) is 0.706. The molecule has 0 unspecified atom stereocenters. The van der Waals surface area contributed by atoms with Crippen LogP contribution in [0.5, 0.6) is 0 Å². The molecule has 2 saturated heterocycles. The van der Waals surface area contributed by atoms with Gasteiger partial charge < -0.3 is 25.0 Å². The molecule has 0 saturated carbocycles. The van der Waals surface area contributed by atoms with E-state index in [0.717, 1.165) is 25.7 Å². The number of nitrogens with two attached hydrogens (primary N) is 1. The van der Waals surface area contributed by atoms with Crippen LogP contribution in [0.4, 0.5) is 17.3 Å². The summed E-state index contributed by atoms with van der Waals surface area (Å²) in [7, 11) is 0. The third kappa shape index (κ3) is 4.89. The molecule has 0 aliphatic carbocycles. The Balaban J connectivity index is 1.62. The van der Waals surface area contributed by atoms with Crippen LogP contribution in [-0.4, -0.2) is 61.3 Å². The maximum atomic E-state index is 12.0. The van der Waals surface area contributed by atoms with Gasteiger partial charge in [0.05, 0.1) is 25.0 Å². The molecule has 0 aromatic carbocycles. The first-order chi connectivity index (χ1) is 14.0. The average Bonchev–Trinajstić information content (AvgIpc) is 2.74. The number of hydrogen-bond donors (Lipinski definition) is 1. The fourth-order valence-electron chi connectivity index (χ4n) is 4.06. The van der Waals surface area contributed by atoms with Crippen molar-refractivity contribution in [3.8, 4) is 0 Å². The summed E-state index contributed by atoms with van der Waals surface area (Å²) in [6, 6.07) is 0. The molecule has 3 heterocycles. The molecule has 0 amide bonds. The lowest BCUT2D eigenvalue weighted by atomic mass is 9.96. The van der Waals surface area contributed by atoms with Crippen molar-refractivity contribution in [3.63, 3.8) is 0 Å². The minimum Gasteiger partial charge on any atom is -0.466 e. The highest BCUT2D eigenvalue weighted by molar-refractivity contribution is 5.77. The van der Waals surface area contributed by atoms with Gasteiger partial charge in [-0.3, -0.25) is 9.59 Å². The molecule has 0 atom stereocenters. The van der Waals surface area contributed by atoms with E-state index in [1.807, 2.05) is 13.8 Å². The van der Waals surface area contributed by atoms with Crippen molar-refractivity contribution in [2.75, 3.05) is 54.9 Å². The van der Waals surface area contributed by atoms with Gasteiger partial charge in [0.15, 0.2) is 11.6 Å². The van der Waals surface area contributed by atoms with Crippen LogP contribution in [0.25, 0.3) is 0 Å². The zero-order valence-electron chi connectivity index (χ0n) is 17.3. The van der Waals surface area contributed by atoms with Crippen molar-refractivity contribution in [1.29, 1.82) is 0 Å². The molecule has 9 nitrogen and oxygen atoms in total. The average molecular weight is 405 g/mol. The number of aromatic nitrogens is 2. The molecule has 160 valence electrons. The molecule has 1 aromatic rings. The zero-order chi connectivity index (χ0) is 20.8. The van der Waals surface area contributed by atoms with E-state index in [-0.39, 0.29) is 23.8 Å². The molecule has 3 rings (SSSR count). The van der Waals surface area contributed by atoms with Crippen molar-refractivity contribution in [1.82, 2.24) is 9.97 Å². The van der Waals surface area contributed by atoms with Crippen molar-refractivity contribution < 1.29 is 19.1 Å². The van der Waals surface area contributed by atoms with Crippen molar-refractivity contribution in [2.45, 2.75) is 39.5 Å². The van der Waals surface area contributed by atoms with E-state index in [2.05, 4.69) is 19.8 Å². The van der Waals surface area contributed by atoms with E-state index in [1.165, 1.54) is 6.33 Å². The monoisotopic (exact) mass is 405 g/mol. The van der Waals surface area contributed by atoms with E-state index >= 15 is 0 Å². The molecule has 1 aromatic heterocycles. The molecule has 0 bridgehead atoms. The van der Waals surface area contributed by atoms with Crippen LogP contribution >= 0.6 is 0 Å². The summed E-state index contributed by atoms with van der Waals surface area (Å²) in [5.41, 5.74) is 6.99. The first kappa shape index (κ1) is 21.1. The lowest BCUT2D eigenvalue weighted by Gasteiger charge is -2.35. The van der Waals surface area contributed by atoms with Crippen molar-refractivity contribution in [2.24, 2.45) is 11.8 Å². The Kier molecular flexibility index (Phi) is 7.11. The van der Waals surface area contributed by atoms with Gasteiger partial charge in [0.1, 0.15) is 12.0 Å². The number of nitrogen functional groups attached to an aromatic ring is 1. The van der Waals surface area contributed by atoms with Crippen LogP contribution in [0.15, 0.2) is 6.33 Å². The van der Waals surface area contributed by atoms with E-state index in [1.54, 1.807) is 0 Å². The van der Waals surface area contributed by atoms with Crippen LogP contribution in [-0.2, 0) is 19.1 Å². The first-order valence-electron chi connectivity index (χ1n) is 10.5. The molecular formula is C20H31N5O4. The normalized spacial score (nSPS) is 18.6. The van der Waals surface area contributed by atoms with Crippen molar-refractivity contribution >= 4 is 29.3 Å². The second kappa shape index (κ2) is 9.76. The Morgan fingerprint density at radius 2 is 1.28 bits per heavy atom. The first-order valence-corrected chi connectivity index (χ1v) is 10.5. The standard InChI is InChI=1S/C20H31N5O4/c1-3-28-19(26)14-5-9-24(10-6-14)17-16(21)18(23-13-22-17)25-11-7-15(8-12-25)20(27)29-4-2/h13-15H,3-12,21H2,1-2H3. The number of piperidine rings is 2. The van der Waals surface area contributed by atoms with E-state index in [9.17, 15) is 9.59 Å². The predicted octanol–water partition coefficient (Wildman–Crippen LogP) is 1.62. The maximum Gasteiger partial charge on any atom is 0.309 e. The van der Waals surface area contributed by atoms with Crippen LogP contribution in [0.3, 0.4) is 0 Å². The van der Waals surface area contributed by atoms with Crippen LogP contribution in [0.1, 0.15) is 39.5 Å². The lowest BCUT2D eigenvalue weighted by molar-refractivity contribution is -0.149. The number of carbonyl (C=O) groups is 2. The third-order valence-electron chi connectivity index (χ3n) is 5.67. The number of nitrogens with zero attached hydrogens (tertiary/aromatic N) is 4.